The monoisotopic (exact) mass is 304 g/mol. The lowest BCUT2D eigenvalue weighted by Crippen LogP contribution is -1.98. The lowest BCUT2D eigenvalue weighted by Gasteiger charge is -2.09. The number of hydrogen-bond acceptors (Lipinski definition) is 4. The van der Waals surface area contributed by atoms with E-state index in [0.717, 1.165) is 20.7 Å². The van der Waals surface area contributed by atoms with E-state index in [1.807, 2.05) is 22.2 Å². The molecule has 0 bridgehead atoms. The molecule has 2 aromatic rings. The molecule has 1 atom stereocenters. The summed E-state index contributed by atoms with van der Waals surface area (Å²) in [6.07, 6.45) is -0.611. The van der Waals surface area contributed by atoms with Crippen LogP contribution in [0, 0.1) is 0 Å². The van der Waals surface area contributed by atoms with Crippen molar-refractivity contribution in [3.63, 3.8) is 0 Å². The van der Waals surface area contributed by atoms with Gasteiger partial charge in [0.05, 0.1) is 12.0 Å². The summed E-state index contributed by atoms with van der Waals surface area (Å²) < 4.78 is 6.12. The fourth-order valence-corrected chi connectivity index (χ4v) is 3.70. The predicted molar refractivity (Wildman–Crippen MR) is 67.0 cm³/mol. The van der Waals surface area contributed by atoms with Gasteiger partial charge in [0.1, 0.15) is 11.9 Å². The maximum atomic E-state index is 10.2. The van der Waals surface area contributed by atoms with E-state index >= 15 is 0 Å². The van der Waals surface area contributed by atoms with Crippen LogP contribution in [0.5, 0.6) is 5.75 Å². The molecule has 0 aliphatic rings. The molecule has 0 fully saturated rings. The first-order chi connectivity index (χ1) is 7.24. The van der Waals surface area contributed by atoms with Crippen LogP contribution in [0.1, 0.15) is 16.5 Å². The third kappa shape index (κ3) is 2.10. The Kier molecular flexibility index (Phi) is 3.45. The first-order valence-corrected chi connectivity index (χ1v) is 6.86. The molecule has 1 N–H and O–H groups in total. The second-order valence-electron chi connectivity index (χ2n) is 2.93. The van der Waals surface area contributed by atoms with Gasteiger partial charge >= 0.3 is 0 Å². The van der Waals surface area contributed by atoms with Crippen LogP contribution in [-0.4, -0.2) is 12.2 Å². The standard InChI is InChI=1S/C10H9BrO2S2/c1-13-8-2-3-15-10(8)9(12)6-4-14-5-7(6)11/h2-5,9,12H,1H3. The van der Waals surface area contributed by atoms with E-state index in [9.17, 15) is 5.11 Å². The molecular weight excluding hydrogens is 296 g/mol. The fourth-order valence-electron chi connectivity index (χ4n) is 1.30. The Morgan fingerprint density at radius 1 is 1.47 bits per heavy atom. The topological polar surface area (TPSA) is 29.5 Å². The highest BCUT2D eigenvalue weighted by atomic mass is 79.9. The number of aliphatic hydroxyl groups is 1. The Morgan fingerprint density at radius 3 is 2.87 bits per heavy atom. The van der Waals surface area contributed by atoms with Crippen LogP contribution in [0.15, 0.2) is 26.7 Å². The molecule has 80 valence electrons. The minimum absolute atomic E-state index is 0.611. The highest BCUT2D eigenvalue weighted by molar-refractivity contribution is 9.10. The number of hydrogen-bond donors (Lipinski definition) is 1. The zero-order valence-corrected chi connectivity index (χ0v) is 11.2. The first-order valence-electron chi connectivity index (χ1n) is 4.25. The Balaban J connectivity index is 2.36. The van der Waals surface area contributed by atoms with E-state index in [4.69, 9.17) is 4.74 Å². The zero-order chi connectivity index (χ0) is 10.8. The van der Waals surface area contributed by atoms with Gasteiger partial charge in [-0.15, -0.1) is 11.3 Å². The van der Waals surface area contributed by atoms with Gasteiger partial charge in [-0.1, -0.05) is 0 Å². The average Bonchev–Trinajstić information content (AvgIpc) is 2.84. The molecule has 0 spiro atoms. The van der Waals surface area contributed by atoms with Gasteiger partial charge in [-0.05, 0) is 32.8 Å². The summed E-state index contributed by atoms with van der Waals surface area (Å²) in [5.74, 6) is 0.741. The molecule has 0 aliphatic heterocycles. The van der Waals surface area contributed by atoms with Crippen molar-refractivity contribution in [2.75, 3.05) is 7.11 Å². The lowest BCUT2D eigenvalue weighted by molar-refractivity contribution is 0.219. The van der Waals surface area contributed by atoms with E-state index in [2.05, 4.69) is 15.9 Å². The van der Waals surface area contributed by atoms with Gasteiger partial charge in [0, 0.05) is 15.4 Å². The van der Waals surface area contributed by atoms with Crippen LogP contribution in [0.3, 0.4) is 0 Å². The first kappa shape index (κ1) is 11.1. The van der Waals surface area contributed by atoms with Crippen molar-refractivity contribution in [3.8, 4) is 5.75 Å². The number of methoxy groups -OCH3 is 1. The molecule has 2 aromatic heterocycles. The highest BCUT2D eigenvalue weighted by Crippen LogP contribution is 2.38. The number of aliphatic hydroxyl groups excluding tert-OH is 1. The minimum atomic E-state index is -0.611. The molecule has 15 heavy (non-hydrogen) atoms. The highest BCUT2D eigenvalue weighted by Gasteiger charge is 2.19. The maximum Gasteiger partial charge on any atom is 0.135 e. The Bertz CT molecular complexity index is 450. The van der Waals surface area contributed by atoms with E-state index in [1.54, 1.807) is 18.4 Å². The van der Waals surface area contributed by atoms with Crippen molar-refractivity contribution < 1.29 is 9.84 Å². The van der Waals surface area contributed by atoms with Crippen molar-refractivity contribution in [2.24, 2.45) is 0 Å². The van der Waals surface area contributed by atoms with Gasteiger partial charge in [-0.3, -0.25) is 0 Å². The van der Waals surface area contributed by atoms with Crippen molar-refractivity contribution >= 4 is 38.6 Å². The molecule has 0 saturated carbocycles. The predicted octanol–water partition coefficient (Wildman–Crippen LogP) is 3.66. The zero-order valence-electron chi connectivity index (χ0n) is 7.94. The van der Waals surface area contributed by atoms with Crippen LogP contribution in [0.4, 0.5) is 0 Å². The summed E-state index contributed by atoms with van der Waals surface area (Å²) in [4.78, 5) is 0.844. The number of thiophene rings is 2. The van der Waals surface area contributed by atoms with E-state index in [-0.39, 0.29) is 0 Å². The molecule has 2 nitrogen and oxygen atoms in total. The minimum Gasteiger partial charge on any atom is -0.495 e. The third-order valence-electron chi connectivity index (χ3n) is 2.06. The van der Waals surface area contributed by atoms with Gasteiger partial charge in [0.2, 0.25) is 0 Å². The molecule has 2 heterocycles. The molecule has 0 aliphatic carbocycles. The molecule has 0 radical (unpaired) electrons. The van der Waals surface area contributed by atoms with E-state index in [1.165, 1.54) is 11.3 Å². The van der Waals surface area contributed by atoms with Crippen LogP contribution >= 0.6 is 38.6 Å². The van der Waals surface area contributed by atoms with E-state index < -0.39 is 6.10 Å². The largest absolute Gasteiger partial charge is 0.495 e. The summed E-state index contributed by atoms with van der Waals surface area (Å²) in [6, 6.07) is 1.86. The van der Waals surface area contributed by atoms with Crippen LogP contribution in [0.2, 0.25) is 0 Å². The van der Waals surface area contributed by atoms with Crippen LogP contribution in [0.25, 0.3) is 0 Å². The average molecular weight is 305 g/mol. The SMILES string of the molecule is COc1ccsc1C(O)c1cscc1Br. The normalized spacial score (nSPS) is 12.7. The second kappa shape index (κ2) is 4.65. The van der Waals surface area contributed by atoms with Gasteiger partial charge in [-0.2, -0.15) is 11.3 Å². The Hall–Kier alpha value is -0.360. The lowest BCUT2D eigenvalue weighted by atomic mass is 10.1. The maximum absolute atomic E-state index is 10.2. The Morgan fingerprint density at radius 2 is 2.27 bits per heavy atom. The second-order valence-corrected chi connectivity index (χ2v) is 5.48. The summed E-state index contributed by atoms with van der Waals surface area (Å²) in [5, 5.41) is 16.0. The molecule has 0 saturated heterocycles. The van der Waals surface area contributed by atoms with Crippen LogP contribution < -0.4 is 4.74 Å². The van der Waals surface area contributed by atoms with Gasteiger partial charge in [0.25, 0.3) is 0 Å². The van der Waals surface area contributed by atoms with Crippen LogP contribution in [-0.2, 0) is 0 Å². The summed E-state index contributed by atoms with van der Waals surface area (Å²) in [5.41, 5.74) is 0.890. The molecule has 5 heteroatoms. The van der Waals surface area contributed by atoms with Crippen molar-refractivity contribution in [2.45, 2.75) is 6.10 Å². The van der Waals surface area contributed by atoms with Gasteiger partial charge < -0.3 is 9.84 Å². The fraction of sp³-hybridized carbons (Fsp3) is 0.200. The van der Waals surface area contributed by atoms with Crippen molar-refractivity contribution in [3.05, 3.63) is 37.1 Å². The summed E-state index contributed by atoms with van der Waals surface area (Å²) >= 11 is 6.47. The molecule has 0 aromatic carbocycles. The molecular formula is C10H9BrO2S2. The molecule has 0 amide bonds. The summed E-state index contributed by atoms with van der Waals surface area (Å²) in [6.45, 7) is 0. The van der Waals surface area contributed by atoms with E-state index in [0.29, 0.717) is 0 Å². The quantitative estimate of drug-likeness (QED) is 0.937. The summed E-state index contributed by atoms with van der Waals surface area (Å²) in [7, 11) is 1.61. The molecule has 1 unspecified atom stereocenters. The number of halogens is 1. The van der Waals surface area contributed by atoms with Gasteiger partial charge in [0.15, 0.2) is 0 Å². The number of rotatable bonds is 3. The Labute approximate surface area is 104 Å². The number of ether oxygens (including phenoxy) is 1. The van der Waals surface area contributed by atoms with Crippen molar-refractivity contribution in [1.29, 1.82) is 0 Å². The molecule has 2 rings (SSSR count). The van der Waals surface area contributed by atoms with Crippen molar-refractivity contribution in [1.82, 2.24) is 0 Å². The third-order valence-corrected chi connectivity index (χ3v) is 4.76. The van der Waals surface area contributed by atoms with Gasteiger partial charge in [-0.25, -0.2) is 0 Å². The smallest absolute Gasteiger partial charge is 0.135 e.